The SMILES string of the molecule is c1ccc(CCNCCC2CCCCN2)nc1. The van der Waals surface area contributed by atoms with Gasteiger partial charge in [0.25, 0.3) is 0 Å². The van der Waals surface area contributed by atoms with Gasteiger partial charge in [0.1, 0.15) is 0 Å². The van der Waals surface area contributed by atoms with Crippen molar-refractivity contribution in [2.75, 3.05) is 19.6 Å². The second-order valence-corrected chi connectivity index (χ2v) is 4.76. The van der Waals surface area contributed by atoms with Gasteiger partial charge in [-0.1, -0.05) is 12.5 Å². The summed E-state index contributed by atoms with van der Waals surface area (Å²) in [6.45, 7) is 3.35. The Balaban J connectivity index is 1.51. The van der Waals surface area contributed by atoms with E-state index >= 15 is 0 Å². The third kappa shape index (κ3) is 4.84. The van der Waals surface area contributed by atoms with Crippen molar-refractivity contribution in [2.45, 2.75) is 38.1 Å². The standard InChI is InChI=1S/C14H23N3/c1-3-9-16-13(5-1)7-11-15-12-8-14-6-2-4-10-17-14/h1,3,5,9,14-15,17H,2,4,6-8,10-12H2. The van der Waals surface area contributed by atoms with Crippen LogP contribution in [0.15, 0.2) is 24.4 Å². The number of rotatable bonds is 6. The highest BCUT2D eigenvalue weighted by Gasteiger charge is 2.11. The van der Waals surface area contributed by atoms with Gasteiger partial charge in [-0.25, -0.2) is 0 Å². The highest BCUT2D eigenvalue weighted by Crippen LogP contribution is 2.08. The highest BCUT2D eigenvalue weighted by atomic mass is 14.9. The summed E-state index contributed by atoms with van der Waals surface area (Å²) >= 11 is 0. The minimum atomic E-state index is 0.742. The Labute approximate surface area is 104 Å². The largest absolute Gasteiger partial charge is 0.316 e. The number of hydrogen-bond donors (Lipinski definition) is 2. The molecule has 0 aliphatic carbocycles. The van der Waals surface area contributed by atoms with Crippen LogP contribution in [0.4, 0.5) is 0 Å². The number of nitrogens with zero attached hydrogens (tertiary/aromatic N) is 1. The van der Waals surface area contributed by atoms with Gasteiger partial charge in [0.15, 0.2) is 0 Å². The molecule has 3 heteroatoms. The molecule has 3 nitrogen and oxygen atoms in total. The van der Waals surface area contributed by atoms with Gasteiger partial charge in [-0.2, -0.15) is 0 Å². The first-order valence-electron chi connectivity index (χ1n) is 6.79. The molecular weight excluding hydrogens is 210 g/mol. The third-order valence-corrected chi connectivity index (χ3v) is 3.37. The lowest BCUT2D eigenvalue weighted by molar-refractivity contribution is 0.377. The van der Waals surface area contributed by atoms with E-state index in [9.17, 15) is 0 Å². The second kappa shape index (κ2) is 7.41. The number of aromatic nitrogens is 1. The van der Waals surface area contributed by atoms with Gasteiger partial charge < -0.3 is 10.6 Å². The van der Waals surface area contributed by atoms with E-state index in [1.807, 2.05) is 18.3 Å². The van der Waals surface area contributed by atoms with Crippen LogP contribution in [0.2, 0.25) is 0 Å². The van der Waals surface area contributed by atoms with E-state index in [2.05, 4.69) is 21.7 Å². The van der Waals surface area contributed by atoms with E-state index in [1.54, 1.807) is 0 Å². The van der Waals surface area contributed by atoms with Crippen LogP contribution in [0.25, 0.3) is 0 Å². The Morgan fingerprint density at radius 2 is 2.29 bits per heavy atom. The van der Waals surface area contributed by atoms with Crippen LogP contribution in [0.3, 0.4) is 0 Å². The summed E-state index contributed by atoms with van der Waals surface area (Å²) in [5, 5.41) is 7.08. The zero-order valence-electron chi connectivity index (χ0n) is 10.5. The van der Waals surface area contributed by atoms with Crippen molar-refractivity contribution >= 4 is 0 Å². The van der Waals surface area contributed by atoms with Crippen molar-refractivity contribution < 1.29 is 0 Å². The molecule has 1 fully saturated rings. The molecule has 0 amide bonds. The van der Waals surface area contributed by atoms with Crippen molar-refractivity contribution in [3.05, 3.63) is 30.1 Å². The first-order chi connectivity index (χ1) is 8.45. The van der Waals surface area contributed by atoms with Crippen molar-refractivity contribution in [1.29, 1.82) is 0 Å². The molecule has 1 saturated heterocycles. The average Bonchev–Trinajstić information content (AvgIpc) is 2.41. The fourth-order valence-corrected chi connectivity index (χ4v) is 2.33. The van der Waals surface area contributed by atoms with E-state index in [-0.39, 0.29) is 0 Å². The predicted molar refractivity (Wildman–Crippen MR) is 71.1 cm³/mol. The molecule has 17 heavy (non-hydrogen) atoms. The molecule has 94 valence electrons. The maximum absolute atomic E-state index is 4.31. The Kier molecular flexibility index (Phi) is 5.46. The molecular formula is C14H23N3. The number of piperidine rings is 1. The monoisotopic (exact) mass is 233 g/mol. The molecule has 2 heterocycles. The number of pyridine rings is 1. The Bertz CT molecular complexity index is 294. The van der Waals surface area contributed by atoms with Crippen LogP contribution < -0.4 is 10.6 Å². The highest BCUT2D eigenvalue weighted by molar-refractivity contribution is 5.03. The normalized spacial score (nSPS) is 20.4. The summed E-state index contributed by atoms with van der Waals surface area (Å²) in [7, 11) is 0. The van der Waals surface area contributed by atoms with E-state index in [0.29, 0.717) is 0 Å². The van der Waals surface area contributed by atoms with Gasteiger partial charge in [0, 0.05) is 30.9 Å². The first-order valence-corrected chi connectivity index (χ1v) is 6.79. The molecule has 2 rings (SSSR count). The molecule has 1 aromatic rings. The summed E-state index contributed by atoms with van der Waals surface area (Å²) < 4.78 is 0. The molecule has 1 atom stereocenters. The maximum atomic E-state index is 4.31. The predicted octanol–water partition coefficient (Wildman–Crippen LogP) is 1.75. The Hall–Kier alpha value is -0.930. The van der Waals surface area contributed by atoms with E-state index in [4.69, 9.17) is 0 Å². The average molecular weight is 233 g/mol. The van der Waals surface area contributed by atoms with Crippen LogP contribution in [0.1, 0.15) is 31.4 Å². The van der Waals surface area contributed by atoms with Gasteiger partial charge >= 0.3 is 0 Å². The fourth-order valence-electron chi connectivity index (χ4n) is 2.33. The van der Waals surface area contributed by atoms with Gasteiger partial charge in [0.2, 0.25) is 0 Å². The zero-order valence-corrected chi connectivity index (χ0v) is 10.5. The quantitative estimate of drug-likeness (QED) is 0.735. The van der Waals surface area contributed by atoms with E-state index in [0.717, 1.165) is 25.6 Å². The molecule has 0 radical (unpaired) electrons. The van der Waals surface area contributed by atoms with Crippen LogP contribution in [0, 0.1) is 0 Å². The lowest BCUT2D eigenvalue weighted by atomic mass is 10.0. The summed E-state index contributed by atoms with van der Waals surface area (Å²) in [6.07, 6.45) is 8.24. The van der Waals surface area contributed by atoms with E-state index in [1.165, 1.54) is 37.9 Å². The first kappa shape index (κ1) is 12.5. The third-order valence-electron chi connectivity index (χ3n) is 3.37. The molecule has 0 spiro atoms. The zero-order chi connectivity index (χ0) is 11.8. The topological polar surface area (TPSA) is 37.0 Å². The number of hydrogen-bond acceptors (Lipinski definition) is 3. The van der Waals surface area contributed by atoms with Gasteiger partial charge in [-0.3, -0.25) is 4.98 Å². The van der Waals surface area contributed by atoms with Crippen molar-refractivity contribution in [3.8, 4) is 0 Å². The Morgan fingerprint density at radius 3 is 3.06 bits per heavy atom. The molecule has 0 aromatic carbocycles. The van der Waals surface area contributed by atoms with Crippen molar-refractivity contribution in [3.63, 3.8) is 0 Å². The van der Waals surface area contributed by atoms with Gasteiger partial charge in [-0.15, -0.1) is 0 Å². The fraction of sp³-hybridized carbons (Fsp3) is 0.643. The van der Waals surface area contributed by atoms with E-state index < -0.39 is 0 Å². The molecule has 0 saturated carbocycles. The maximum Gasteiger partial charge on any atom is 0.0416 e. The molecule has 2 N–H and O–H groups in total. The van der Waals surface area contributed by atoms with Gasteiger partial charge in [-0.05, 0) is 44.5 Å². The minimum Gasteiger partial charge on any atom is -0.316 e. The summed E-state index contributed by atoms with van der Waals surface area (Å²) in [5.74, 6) is 0. The van der Waals surface area contributed by atoms with Crippen molar-refractivity contribution in [2.24, 2.45) is 0 Å². The van der Waals surface area contributed by atoms with Gasteiger partial charge in [0.05, 0.1) is 0 Å². The molecule has 1 aliphatic heterocycles. The van der Waals surface area contributed by atoms with Crippen LogP contribution >= 0.6 is 0 Å². The molecule has 0 bridgehead atoms. The minimum absolute atomic E-state index is 0.742. The van der Waals surface area contributed by atoms with Crippen LogP contribution in [-0.4, -0.2) is 30.7 Å². The lowest BCUT2D eigenvalue weighted by Crippen LogP contribution is -2.36. The van der Waals surface area contributed by atoms with Crippen LogP contribution in [-0.2, 0) is 6.42 Å². The summed E-state index contributed by atoms with van der Waals surface area (Å²) in [6, 6.07) is 6.84. The molecule has 1 aromatic heterocycles. The smallest absolute Gasteiger partial charge is 0.0416 e. The summed E-state index contributed by atoms with van der Waals surface area (Å²) in [5.41, 5.74) is 1.18. The second-order valence-electron chi connectivity index (χ2n) is 4.76. The summed E-state index contributed by atoms with van der Waals surface area (Å²) in [4.78, 5) is 4.31. The lowest BCUT2D eigenvalue weighted by Gasteiger charge is -2.23. The Morgan fingerprint density at radius 1 is 1.29 bits per heavy atom. The molecule has 1 unspecified atom stereocenters. The number of nitrogens with one attached hydrogen (secondary N) is 2. The molecule has 1 aliphatic rings. The van der Waals surface area contributed by atoms with Crippen molar-refractivity contribution in [1.82, 2.24) is 15.6 Å². The van der Waals surface area contributed by atoms with Crippen LogP contribution in [0.5, 0.6) is 0 Å².